The smallest absolute Gasteiger partial charge is 0.188 e. The third-order valence-electron chi connectivity index (χ3n) is 2.98. The van der Waals surface area contributed by atoms with Crippen LogP contribution >= 0.6 is 39.3 Å². The Bertz CT molecular complexity index is 593. The molecule has 0 unspecified atom stereocenters. The third kappa shape index (κ3) is 3.71. The van der Waals surface area contributed by atoms with Crippen LogP contribution in [0.5, 0.6) is 0 Å². The molecule has 5 heteroatoms. The summed E-state index contributed by atoms with van der Waals surface area (Å²) in [6, 6.07) is 5.92. The fourth-order valence-electron chi connectivity index (χ4n) is 1.59. The molecule has 0 saturated carbocycles. The average Bonchev–Trinajstić information content (AvgIpc) is 2.34. The van der Waals surface area contributed by atoms with Crippen LogP contribution in [0.2, 0.25) is 5.02 Å². The van der Waals surface area contributed by atoms with Crippen LogP contribution in [-0.2, 0) is 5.75 Å². The number of thioether (sulfide) groups is 1. The van der Waals surface area contributed by atoms with Gasteiger partial charge >= 0.3 is 0 Å². The fraction of sp³-hybridized carbons (Fsp3) is 0.286. The molecule has 1 aromatic heterocycles. The number of hydrogen-bond acceptors (Lipinski definition) is 3. The summed E-state index contributed by atoms with van der Waals surface area (Å²) in [5.74, 6) is 0.772. The van der Waals surface area contributed by atoms with Crippen molar-refractivity contribution in [3.63, 3.8) is 0 Å². The van der Waals surface area contributed by atoms with Crippen LogP contribution in [0.4, 0.5) is 0 Å². The summed E-state index contributed by atoms with van der Waals surface area (Å²) < 4.78 is 0.990. The summed E-state index contributed by atoms with van der Waals surface area (Å²) in [7, 11) is 0. The van der Waals surface area contributed by atoms with Crippen LogP contribution in [0.1, 0.15) is 22.5 Å². The molecule has 2 aromatic rings. The molecular weight excluding hydrogens is 344 g/mol. The van der Waals surface area contributed by atoms with Gasteiger partial charge in [-0.25, -0.2) is 9.97 Å². The molecule has 0 saturated heterocycles. The maximum atomic E-state index is 6.20. The minimum absolute atomic E-state index is 0.766. The molecule has 0 radical (unpaired) electrons. The first-order valence-corrected chi connectivity index (χ1v) is 8.01. The molecule has 0 aliphatic carbocycles. The molecular formula is C14H14BrClN2S. The van der Waals surface area contributed by atoms with Crippen molar-refractivity contribution in [1.29, 1.82) is 0 Å². The van der Waals surface area contributed by atoms with Gasteiger partial charge in [0.25, 0.3) is 0 Å². The Morgan fingerprint density at radius 1 is 1.16 bits per heavy atom. The molecule has 0 amide bonds. The second-order valence-corrected chi connectivity index (χ2v) is 6.59. The van der Waals surface area contributed by atoms with E-state index in [-0.39, 0.29) is 0 Å². The summed E-state index contributed by atoms with van der Waals surface area (Å²) in [5, 5.41) is 1.57. The van der Waals surface area contributed by atoms with Crippen LogP contribution < -0.4 is 0 Å². The zero-order chi connectivity index (χ0) is 14.0. The number of aryl methyl sites for hydroxylation is 2. The highest BCUT2D eigenvalue weighted by Gasteiger charge is 2.07. The lowest BCUT2D eigenvalue weighted by molar-refractivity contribution is 0.880. The van der Waals surface area contributed by atoms with E-state index in [1.54, 1.807) is 11.8 Å². The quantitative estimate of drug-likeness (QED) is 0.564. The van der Waals surface area contributed by atoms with E-state index in [0.29, 0.717) is 0 Å². The normalized spacial score (nSPS) is 10.8. The Kier molecular flexibility index (Phi) is 4.87. The predicted molar refractivity (Wildman–Crippen MR) is 85.0 cm³/mol. The van der Waals surface area contributed by atoms with E-state index < -0.39 is 0 Å². The van der Waals surface area contributed by atoms with Crippen LogP contribution in [0, 0.1) is 20.8 Å². The number of rotatable bonds is 3. The second kappa shape index (κ2) is 6.25. The zero-order valence-corrected chi connectivity index (χ0v) is 14.2. The molecule has 0 N–H and O–H groups in total. The first-order valence-electron chi connectivity index (χ1n) is 5.86. The lowest BCUT2D eigenvalue weighted by Crippen LogP contribution is -1.98. The highest BCUT2D eigenvalue weighted by atomic mass is 79.9. The van der Waals surface area contributed by atoms with Crippen molar-refractivity contribution in [3.05, 3.63) is 50.2 Å². The van der Waals surface area contributed by atoms with Crippen molar-refractivity contribution in [1.82, 2.24) is 9.97 Å². The van der Waals surface area contributed by atoms with Crippen LogP contribution in [0.25, 0.3) is 0 Å². The highest BCUT2D eigenvalue weighted by Crippen LogP contribution is 2.27. The maximum Gasteiger partial charge on any atom is 0.188 e. The monoisotopic (exact) mass is 356 g/mol. The summed E-state index contributed by atoms with van der Waals surface area (Å²) in [6.45, 7) is 6.08. The number of nitrogens with zero attached hydrogens (tertiary/aromatic N) is 2. The first-order chi connectivity index (χ1) is 8.97. The molecule has 1 aromatic carbocycles. The molecule has 2 rings (SSSR count). The molecule has 100 valence electrons. The molecule has 2 nitrogen and oxygen atoms in total. The topological polar surface area (TPSA) is 25.8 Å². The SMILES string of the molecule is Cc1nc(SCc2ccc(Br)cc2Cl)nc(C)c1C. The van der Waals surface area contributed by atoms with Gasteiger partial charge in [0.2, 0.25) is 0 Å². The van der Waals surface area contributed by atoms with E-state index >= 15 is 0 Å². The Hall–Kier alpha value is -0.580. The van der Waals surface area contributed by atoms with E-state index in [2.05, 4.69) is 25.9 Å². The minimum atomic E-state index is 0.766. The lowest BCUT2D eigenvalue weighted by Gasteiger charge is -2.07. The molecule has 0 aliphatic rings. The molecule has 0 bridgehead atoms. The van der Waals surface area contributed by atoms with Crippen molar-refractivity contribution in [2.75, 3.05) is 0 Å². The van der Waals surface area contributed by atoms with Gasteiger partial charge in [-0.2, -0.15) is 0 Å². The Labute approximate surface area is 131 Å². The average molecular weight is 358 g/mol. The van der Waals surface area contributed by atoms with E-state index in [1.807, 2.05) is 39.0 Å². The third-order valence-corrected chi connectivity index (χ3v) is 4.73. The van der Waals surface area contributed by atoms with Gasteiger partial charge in [-0.3, -0.25) is 0 Å². The lowest BCUT2D eigenvalue weighted by atomic mass is 10.2. The molecule has 19 heavy (non-hydrogen) atoms. The van der Waals surface area contributed by atoms with Gasteiger partial charge in [0.05, 0.1) is 0 Å². The standard InChI is InChI=1S/C14H14BrClN2S/c1-8-9(2)17-14(18-10(8)3)19-7-11-4-5-12(15)6-13(11)16/h4-6H,7H2,1-3H3. The number of benzene rings is 1. The van der Waals surface area contributed by atoms with Gasteiger partial charge in [-0.15, -0.1) is 0 Å². The van der Waals surface area contributed by atoms with Gasteiger partial charge in [-0.05, 0) is 44.0 Å². The summed E-state index contributed by atoms with van der Waals surface area (Å²) in [5.41, 5.74) is 4.33. The number of aromatic nitrogens is 2. The molecule has 0 atom stereocenters. The Morgan fingerprint density at radius 3 is 2.37 bits per heavy atom. The fourth-order valence-corrected chi connectivity index (χ4v) is 3.35. The van der Waals surface area contributed by atoms with Crippen LogP contribution in [-0.4, -0.2) is 9.97 Å². The maximum absolute atomic E-state index is 6.20. The van der Waals surface area contributed by atoms with Crippen molar-refractivity contribution in [2.45, 2.75) is 31.7 Å². The summed E-state index contributed by atoms with van der Waals surface area (Å²) in [6.07, 6.45) is 0. The molecule has 1 heterocycles. The Balaban J connectivity index is 2.14. The van der Waals surface area contributed by atoms with Gasteiger partial charge in [0.1, 0.15) is 0 Å². The van der Waals surface area contributed by atoms with Crippen molar-refractivity contribution in [2.24, 2.45) is 0 Å². The minimum Gasteiger partial charge on any atom is -0.228 e. The molecule has 0 fully saturated rings. The second-order valence-electron chi connectivity index (χ2n) is 4.33. The number of halogens is 2. The van der Waals surface area contributed by atoms with Crippen molar-refractivity contribution >= 4 is 39.3 Å². The highest BCUT2D eigenvalue weighted by molar-refractivity contribution is 9.10. The van der Waals surface area contributed by atoms with Gasteiger partial charge in [-0.1, -0.05) is 45.4 Å². The van der Waals surface area contributed by atoms with Crippen molar-refractivity contribution in [3.8, 4) is 0 Å². The molecule has 0 aliphatic heterocycles. The largest absolute Gasteiger partial charge is 0.228 e. The first kappa shape index (κ1) is 14.8. The predicted octanol–water partition coefficient (Wildman–Crippen LogP) is 5.11. The number of hydrogen-bond donors (Lipinski definition) is 0. The van der Waals surface area contributed by atoms with Gasteiger partial charge < -0.3 is 0 Å². The van der Waals surface area contributed by atoms with Gasteiger partial charge in [0, 0.05) is 26.6 Å². The summed E-state index contributed by atoms with van der Waals surface area (Å²) in [4.78, 5) is 8.99. The van der Waals surface area contributed by atoms with E-state index in [9.17, 15) is 0 Å². The summed E-state index contributed by atoms with van der Waals surface area (Å²) >= 11 is 11.2. The molecule has 0 spiro atoms. The van der Waals surface area contributed by atoms with Crippen LogP contribution in [0.3, 0.4) is 0 Å². The van der Waals surface area contributed by atoms with E-state index in [4.69, 9.17) is 11.6 Å². The van der Waals surface area contributed by atoms with E-state index in [0.717, 1.165) is 42.9 Å². The Morgan fingerprint density at radius 2 is 1.79 bits per heavy atom. The van der Waals surface area contributed by atoms with Crippen LogP contribution in [0.15, 0.2) is 27.8 Å². The van der Waals surface area contributed by atoms with E-state index in [1.165, 1.54) is 0 Å². The van der Waals surface area contributed by atoms with Gasteiger partial charge in [0.15, 0.2) is 5.16 Å². The van der Waals surface area contributed by atoms with Crippen molar-refractivity contribution < 1.29 is 0 Å². The zero-order valence-electron chi connectivity index (χ0n) is 11.0.